The predicted octanol–water partition coefficient (Wildman–Crippen LogP) is 3.08. The first-order chi connectivity index (χ1) is 12.3. The number of benzene rings is 1. The Morgan fingerprint density at radius 1 is 1.33 bits per heavy atom. The molecule has 8 heteroatoms. The quantitative estimate of drug-likeness (QED) is 0.361. The number of methoxy groups -OCH3 is 1. The molecule has 1 aromatic carbocycles. The summed E-state index contributed by atoms with van der Waals surface area (Å²) in [4.78, 5) is 4.23. The van der Waals surface area contributed by atoms with Crippen LogP contribution in [-0.2, 0) is 22.5 Å². The van der Waals surface area contributed by atoms with Crippen LogP contribution in [0.4, 0.5) is 4.39 Å². The molecule has 0 saturated heterocycles. The summed E-state index contributed by atoms with van der Waals surface area (Å²) in [6.45, 7) is 8.24. The van der Waals surface area contributed by atoms with Crippen molar-refractivity contribution in [2.45, 2.75) is 39.9 Å². The average molecular weight is 495 g/mol. The van der Waals surface area contributed by atoms with E-state index in [4.69, 9.17) is 14.2 Å². The Hall–Kier alpha value is -1.13. The van der Waals surface area contributed by atoms with Crippen LogP contribution in [0.25, 0.3) is 0 Å². The van der Waals surface area contributed by atoms with Gasteiger partial charge in [0, 0.05) is 32.8 Å². The molecular formula is C19H31FIN3O3. The summed E-state index contributed by atoms with van der Waals surface area (Å²) in [7, 11) is 3.43. The van der Waals surface area contributed by atoms with Crippen LogP contribution in [0.5, 0.6) is 5.75 Å². The van der Waals surface area contributed by atoms with Gasteiger partial charge in [-0.2, -0.15) is 0 Å². The van der Waals surface area contributed by atoms with Gasteiger partial charge < -0.3 is 24.8 Å². The number of fused-ring (bicyclic) bond motifs is 1. The molecule has 0 saturated carbocycles. The summed E-state index contributed by atoms with van der Waals surface area (Å²) >= 11 is 0. The second-order valence-corrected chi connectivity index (χ2v) is 7.38. The molecule has 1 aromatic rings. The van der Waals surface area contributed by atoms with Gasteiger partial charge in [-0.05, 0) is 29.5 Å². The predicted molar refractivity (Wildman–Crippen MR) is 115 cm³/mol. The number of guanidine groups is 1. The van der Waals surface area contributed by atoms with Gasteiger partial charge in [0.05, 0.1) is 12.7 Å². The van der Waals surface area contributed by atoms with Gasteiger partial charge >= 0.3 is 0 Å². The van der Waals surface area contributed by atoms with Crippen LogP contribution in [0.1, 0.15) is 31.9 Å². The zero-order valence-corrected chi connectivity index (χ0v) is 19.1. The minimum Gasteiger partial charge on any atom is -0.467 e. The highest BCUT2D eigenvalue weighted by molar-refractivity contribution is 14.0. The Morgan fingerprint density at radius 3 is 2.70 bits per heavy atom. The molecule has 6 nitrogen and oxygen atoms in total. The minimum atomic E-state index is -0.275. The largest absolute Gasteiger partial charge is 0.467 e. The summed E-state index contributed by atoms with van der Waals surface area (Å²) in [5.74, 6) is 1.14. The molecule has 0 bridgehead atoms. The van der Waals surface area contributed by atoms with Crippen molar-refractivity contribution in [1.82, 2.24) is 10.6 Å². The molecule has 2 N–H and O–H groups in total. The van der Waals surface area contributed by atoms with Crippen LogP contribution in [0, 0.1) is 11.2 Å². The highest BCUT2D eigenvalue weighted by Crippen LogP contribution is 2.29. The average Bonchev–Trinajstić information content (AvgIpc) is 2.59. The summed E-state index contributed by atoms with van der Waals surface area (Å²) < 4.78 is 30.1. The fourth-order valence-electron chi connectivity index (χ4n) is 2.91. The maximum absolute atomic E-state index is 13.8. The van der Waals surface area contributed by atoms with Crippen LogP contribution in [0.2, 0.25) is 0 Å². The van der Waals surface area contributed by atoms with E-state index in [0.29, 0.717) is 32.1 Å². The first kappa shape index (κ1) is 23.9. The molecule has 0 fully saturated rings. The molecule has 0 aromatic heterocycles. The zero-order valence-electron chi connectivity index (χ0n) is 16.7. The highest BCUT2D eigenvalue weighted by Gasteiger charge is 2.24. The smallest absolute Gasteiger partial charge is 0.191 e. The summed E-state index contributed by atoms with van der Waals surface area (Å²) in [6.07, 6.45) is 0.679. The molecule has 1 atom stereocenters. The molecule has 154 valence electrons. The Kier molecular flexibility index (Phi) is 9.75. The van der Waals surface area contributed by atoms with Crippen molar-refractivity contribution in [3.63, 3.8) is 0 Å². The SMILES string of the molecule is CN=C(NCCc1cc(F)cc2c1OCOC2)NCC(OC)C(C)(C)C.I. The van der Waals surface area contributed by atoms with E-state index in [1.165, 1.54) is 12.1 Å². The van der Waals surface area contributed by atoms with E-state index < -0.39 is 0 Å². The summed E-state index contributed by atoms with van der Waals surface area (Å²) in [5.41, 5.74) is 1.61. The van der Waals surface area contributed by atoms with E-state index in [1.54, 1.807) is 14.2 Å². The second-order valence-electron chi connectivity index (χ2n) is 7.38. The molecule has 1 heterocycles. The molecule has 27 heavy (non-hydrogen) atoms. The first-order valence-corrected chi connectivity index (χ1v) is 8.84. The Labute approximate surface area is 178 Å². The molecular weight excluding hydrogens is 464 g/mol. The standard InChI is InChI=1S/C19H30FN3O3.HI/c1-19(2,3)16(24-5)10-23-18(21-4)22-7-6-13-8-15(20)9-14-11-25-12-26-17(13)14;/h8-9,16H,6-7,10-12H2,1-5H3,(H2,21,22,23);1H. The van der Waals surface area contributed by atoms with Crippen molar-refractivity contribution < 1.29 is 18.6 Å². The second kappa shape index (κ2) is 11.0. The van der Waals surface area contributed by atoms with Crippen molar-refractivity contribution in [3.8, 4) is 5.75 Å². The van der Waals surface area contributed by atoms with Crippen LogP contribution in [0.15, 0.2) is 17.1 Å². The number of hydrogen-bond donors (Lipinski definition) is 2. The van der Waals surface area contributed by atoms with E-state index in [-0.39, 0.29) is 48.1 Å². The maximum Gasteiger partial charge on any atom is 0.191 e. The van der Waals surface area contributed by atoms with Crippen LogP contribution in [0.3, 0.4) is 0 Å². The number of hydrogen-bond acceptors (Lipinski definition) is 4. The fraction of sp³-hybridized carbons (Fsp3) is 0.632. The number of aliphatic imine (C=N–C) groups is 1. The van der Waals surface area contributed by atoms with E-state index >= 15 is 0 Å². The van der Waals surface area contributed by atoms with Crippen molar-refractivity contribution in [2.24, 2.45) is 10.4 Å². The van der Waals surface area contributed by atoms with Crippen molar-refractivity contribution in [3.05, 3.63) is 29.1 Å². The number of ether oxygens (including phenoxy) is 3. The van der Waals surface area contributed by atoms with Gasteiger partial charge in [0.25, 0.3) is 0 Å². The minimum absolute atomic E-state index is 0. The molecule has 0 amide bonds. The van der Waals surface area contributed by atoms with Gasteiger partial charge in [0.15, 0.2) is 12.8 Å². The number of halogens is 2. The van der Waals surface area contributed by atoms with Crippen LogP contribution >= 0.6 is 24.0 Å². The first-order valence-electron chi connectivity index (χ1n) is 8.84. The highest BCUT2D eigenvalue weighted by atomic mass is 127. The lowest BCUT2D eigenvalue weighted by Gasteiger charge is -2.30. The Morgan fingerprint density at radius 2 is 2.07 bits per heavy atom. The summed E-state index contributed by atoms with van der Waals surface area (Å²) in [5, 5.41) is 6.52. The van der Waals surface area contributed by atoms with E-state index in [9.17, 15) is 4.39 Å². The third-order valence-corrected chi connectivity index (χ3v) is 4.37. The molecule has 1 unspecified atom stereocenters. The number of nitrogens with one attached hydrogen (secondary N) is 2. The maximum atomic E-state index is 13.8. The molecule has 0 spiro atoms. The monoisotopic (exact) mass is 495 g/mol. The third-order valence-electron chi connectivity index (χ3n) is 4.37. The van der Waals surface area contributed by atoms with Gasteiger partial charge in [0.1, 0.15) is 11.6 Å². The third kappa shape index (κ3) is 7.08. The van der Waals surface area contributed by atoms with Crippen LogP contribution < -0.4 is 15.4 Å². The van der Waals surface area contributed by atoms with Gasteiger partial charge in [0.2, 0.25) is 0 Å². The van der Waals surface area contributed by atoms with E-state index in [0.717, 1.165) is 16.9 Å². The topological polar surface area (TPSA) is 64.1 Å². The molecule has 1 aliphatic heterocycles. The normalized spacial score (nSPS) is 15.3. The van der Waals surface area contributed by atoms with Crippen molar-refractivity contribution >= 4 is 29.9 Å². The zero-order chi connectivity index (χ0) is 19.2. The molecule has 0 aliphatic carbocycles. The Balaban J connectivity index is 0.00000364. The molecule has 0 radical (unpaired) electrons. The lowest BCUT2D eigenvalue weighted by Crippen LogP contribution is -2.45. The van der Waals surface area contributed by atoms with Crippen LogP contribution in [-0.4, -0.2) is 46.1 Å². The van der Waals surface area contributed by atoms with Gasteiger partial charge in [-0.15, -0.1) is 24.0 Å². The lowest BCUT2D eigenvalue weighted by molar-refractivity contribution is -0.0172. The lowest BCUT2D eigenvalue weighted by atomic mass is 9.89. The van der Waals surface area contributed by atoms with Gasteiger partial charge in [-0.25, -0.2) is 4.39 Å². The van der Waals surface area contributed by atoms with E-state index in [1.807, 2.05) is 0 Å². The molecule has 2 rings (SSSR count). The summed E-state index contributed by atoms with van der Waals surface area (Å²) in [6, 6.07) is 2.98. The van der Waals surface area contributed by atoms with E-state index in [2.05, 4.69) is 36.4 Å². The fourth-order valence-corrected chi connectivity index (χ4v) is 2.91. The Bertz CT molecular complexity index is 635. The molecule has 1 aliphatic rings. The number of nitrogens with zero attached hydrogens (tertiary/aromatic N) is 1. The van der Waals surface area contributed by atoms with Crippen molar-refractivity contribution in [2.75, 3.05) is 34.0 Å². The van der Waals surface area contributed by atoms with Gasteiger partial charge in [-0.3, -0.25) is 4.99 Å². The number of rotatable bonds is 6. The van der Waals surface area contributed by atoms with Gasteiger partial charge in [-0.1, -0.05) is 20.8 Å². The van der Waals surface area contributed by atoms with Crippen molar-refractivity contribution in [1.29, 1.82) is 0 Å².